The van der Waals surface area contributed by atoms with Crippen molar-refractivity contribution in [1.29, 1.82) is 0 Å². The predicted molar refractivity (Wildman–Crippen MR) is 53.8 cm³/mol. The van der Waals surface area contributed by atoms with Gasteiger partial charge in [0.05, 0.1) is 6.41 Å². The molecule has 4 heteroatoms. The minimum atomic E-state index is -0.407. The summed E-state index contributed by atoms with van der Waals surface area (Å²) in [5.74, 6) is -0.407. The van der Waals surface area contributed by atoms with Gasteiger partial charge in [0.2, 0.25) is 0 Å². The predicted octanol–water partition coefficient (Wildman–Crippen LogP) is 1.19. The van der Waals surface area contributed by atoms with E-state index in [0.717, 1.165) is 0 Å². The fourth-order valence-corrected chi connectivity index (χ4v) is 0.590. The van der Waals surface area contributed by atoms with E-state index in [1.807, 2.05) is 24.3 Å². The summed E-state index contributed by atoms with van der Waals surface area (Å²) in [5, 5.41) is 1.79. The molecule has 15 heavy (non-hydrogen) atoms. The second-order valence-corrected chi connectivity index (χ2v) is 2.48. The number of carbonyl (C=O) groups is 1. The van der Waals surface area contributed by atoms with Crippen LogP contribution < -0.4 is 5.32 Å². The van der Waals surface area contributed by atoms with Gasteiger partial charge in [0.15, 0.2) is 0 Å². The average molecular weight is 374 g/mol. The summed E-state index contributed by atoms with van der Waals surface area (Å²) in [6.07, 6.45) is 1.31. The normalized spacial score (nSPS) is 7.60. The summed E-state index contributed by atoms with van der Waals surface area (Å²) in [7, 11) is 0. The van der Waals surface area contributed by atoms with Crippen molar-refractivity contribution < 1.29 is 30.7 Å². The molecule has 1 rings (SSSR count). The van der Waals surface area contributed by atoms with Crippen LogP contribution in [0, 0.1) is 19.9 Å². The van der Waals surface area contributed by atoms with Crippen LogP contribution in [0.5, 0.6) is 0 Å². The molecule has 1 N–H and O–H groups in total. The molecule has 0 radical (unpaired) electrons. The molecule has 0 saturated heterocycles. The van der Waals surface area contributed by atoms with Gasteiger partial charge in [0, 0.05) is 27.0 Å². The number of hydrogen-bond acceptors (Lipinski definition) is 2. The fraction of sp³-hybridized carbons (Fsp3) is 0.182. The molecule has 0 aliphatic carbocycles. The SMILES string of the molecule is Cc1cc[c-]cc1.[CH2-]CC(=O)N[C-]=O.[W]. The Labute approximate surface area is 105 Å². The molecule has 3 nitrogen and oxygen atoms in total. The van der Waals surface area contributed by atoms with Gasteiger partial charge in [-0.3, -0.25) is 0 Å². The van der Waals surface area contributed by atoms with E-state index in [1.165, 1.54) is 12.0 Å². The number of imide groups is 1. The van der Waals surface area contributed by atoms with Crippen LogP contribution in [0.2, 0.25) is 0 Å². The van der Waals surface area contributed by atoms with Crippen molar-refractivity contribution in [3.05, 3.63) is 42.8 Å². The Morgan fingerprint density at radius 1 is 1.53 bits per heavy atom. The van der Waals surface area contributed by atoms with Gasteiger partial charge in [-0.25, -0.2) is 0 Å². The van der Waals surface area contributed by atoms with Gasteiger partial charge in [0.25, 0.3) is 0 Å². The quantitative estimate of drug-likeness (QED) is 0.625. The monoisotopic (exact) mass is 374 g/mol. The van der Waals surface area contributed by atoms with Crippen LogP contribution in [0.3, 0.4) is 0 Å². The molecule has 0 aliphatic rings. The van der Waals surface area contributed by atoms with E-state index in [2.05, 4.69) is 19.9 Å². The summed E-state index contributed by atoms with van der Waals surface area (Å²) in [6.45, 7) is 5.28. The minimum absolute atomic E-state index is 0. The first-order valence-electron chi connectivity index (χ1n) is 4.08. The fourth-order valence-electron chi connectivity index (χ4n) is 0.590. The molecule has 0 spiro atoms. The van der Waals surface area contributed by atoms with E-state index in [9.17, 15) is 9.59 Å². The summed E-state index contributed by atoms with van der Waals surface area (Å²) in [5.41, 5.74) is 1.29. The molecule has 82 valence electrons. The number of carbonyl (C=O) groups excluding carboxylic acids is 2. The van der Waals surface area contributed by atoms with Gasteiger partial charge in [-0.05, 0) is 0 Å². The second-order valence-electron chi connectivity index (χ2n) is 2.48. The van der Waals surface area contributed by atoms with Crippen molar-refractivity contribution in [2.75, 3.05) is 0 Å². The standard InChI is InChI=1S/C7H7.C4H5NO2.W/c1-7-5-3-2-4-6-7;1-2-4(7)5-3-6;/h3-6H,1H3;1-2H2,(H,5,6,7);/q-1;-2;. The van der Waals surface area contributed by atoms with Gasteiger partial charge >= 0.3 is 0 Å². The van der Waals surface area contributed by atoms with Crippen molar-refractivity contribution in [2.45, 2.75) is 13.3 Å². The van der Waals surface area contributed by atoms with Crippen molar-refractivity contribution in [1.82, 2.24) is 5.32 Å². The summed E-state index contributed by atoms with van der Waals surface area (Å²) in [4.78, 5) is 19.3. The molecule has 1 aromatic rings. The molecule has 0 unspecified atom stereocenters. The van der Waals surface area contributed by atoms with E-state index in [1.54, 1.807) is 5.32 Å². The molecule has 0 aromatic heterocycles. The number of hydrogen-bond donors (Lipinski definition) is 1. The molecular weight excluding hydrogens is 362 g/mol. The Morgan fingerprint density at radius 3 is 2.27 bits per heavy atom. The van der Waals surface area contributed by atoms with Gasteiger partial charge < -0.3 is 21.8 Å². The maximum atomic E-state index is 9.98. The number of benzene rings is 1. The van der Waals surface area contributed by atoms with Crippen molar-refractivity contribution in [3.8, 4) is 0 Å². The largest absolute Gasteiger partial charge is 0.464 e. The smallest absolute Gasteiger partial charge is 0.0713 e. The van der Waals surface area contributed by atoms with Crippen LogP contribution in [0.1, 0.15) is 12.0 Å². The molecule has 2 amide bonds. The first-order valence-corrected chi connectivity index (χ1v) is 4.08. The van der Waals surface area contributed by atoms with E-state index >= 15 is 0 Å². The number of amides is 2. The van der Waals surface area contributed by atoms with Crippen LogP contribution in [0.15, 0.2) is 24.3 Å². The third-order valence-electron chi connectivity index (χ3n) is 1.30. The van der Waals surface area contributed by atoms with Crippen LogP contribution in [-0.2, 0) is 30.7 Å². The number of aryl methyl sites for hydroxylation is 1. The second kappa shape index (κ2) is 11.1. The molecule has 0 fully saturated rings. The summed E-state index contributed by atoms with van der Waals surface area (Å²) < 4.78 is 0. The van der Waals surface area contributed by atoms with E-state index in [4.69, 9.17) is 0 Å². The zero-order valence-electron chi connectivity index (χ0n) is 8.45. The molecular formula is C11H12NO2W-3. The van der Waals surface area contributed by atoms with E-state index in [0.29, 0.717) is 0 Å². The maximum Gasteiger partial charge on any atom is 0.0713 e. The van der Waals surface area contributed by atoms with E-state index in [-0.39, 0.29) is 27.5 Å². The Bertz CT molecular complexity index is 275. The van der Waals surface area contributed by atoms with Gasteiger partial charge in [0.1, 0.15) is 0 Å². The molecule has 0 aliphatic heterocycles. The third-order valence-corrected chi connectivity index (χ3v) is 1.30. The third kappa shape index (κ3) is 11.0. The first kappa shape index (κ1) is 16.5. The van der Waals surface area contributed by atoms with Gasteiger partial charge in [-0.2, -0.15) is 42.3 Å². The van der Waals surface area contributed by atoms with Crippen molar-refractivity contribution in [2.24, 2.45) is 0 Å². The van der Waals surface area contributed by atoms with Gasteiger partial charge in [-0.15, -0.1) is 0 Å². The Hall–Kier alpha value is -0.952. The van der Waals surface area contributed by atoms with Crippen molar-refractivity contribution in [3.63, 3.8) is 0 Å². The Kier molecular flexibility index (Phi) is 12.2. The Balaban J connectivity index is 0. The minimum Gasteiger partial charge on any atom is -0.464 e. The zero-order chi connectivity index (χ0) is 10.8. The molecule has 0 saturated carbocycles. The molecule has 0 bridgehead atoms. The number of rotatable bonds is 2. The molecule has 0 heterocycles. The number of nitrogens with one attached hydrogen (secondary N) is 1. The maximum absolute atomic E-state index is 9.98. The summed E-state index contributed by atoms with van der Waals surface area (Å²) in [6, 6.07) is 10.8. The molecule has 1 aromatic carbocycles. The van der Waals surface area contributed by atoms with Crippen LogP contribution in [0.4, 0.5) is 0 Å². The summed E-state index contributed by atoms with van der Waals surface area (Å²) >= 11 is 0. The topological polar surface area (TPSA) is 46.2 Å². The molecule has 0 atom stereocenters. The zero-order valence-corrected chi connectivity index (χ0v) is 11.4. The van der Waals surface area contributed by atoms with Crippen LogP contribution in [0.25, 0.3) is 0 Å². The first-order chi connectivity index (χ1) is 6.70. The Morgan fingerprint density at radius 2 is 2.07 bits per heavy atom. The van der Waals surface area contributed by atoms with E-state index < -0.39 is 5.91 Å². The van der Waals surface area contributed by atoms with Crippen LogP contribution >= 0.6 is 0 Å². The average Bonchev–Trinajstić information content (AvgIpc) is 2.20. The van der Waals surface area contributed by atoms with Crippen LogP contribution in [-0.4, -0.2) is 12.3 Å². The van der Waals surface area contributed by atoms with Crippen molar-refractivity contribution >= 4 is 12.3 Å². The van der Waals surface area contributed by atoms with Gasteiger partial charge in [-0.1, -0.05) is 6.92 Å².